The summed E-state index contributed by atoms with van der Waals surface area (Å²) >= 11 is 0. The molecule has 0 bridgehead atoms. The number of hydrogen-bond donors (Lipinski definition) is 1. The maximum atomic E-state index is 6.23. The molecule has 5 heteroatoms. The van der Waals surface area contributed by atoms with Crippen molar-refractivity contribution in [2.24, 2.45) is 5.73 Å². The Morgan fingerprint density at radius 3 is 2.30 bits per heavy atom. The molecule has 1 unspecified atom stereocenters. The van der Waals surface area contributed by atoms with Crippen LogP contribution in [-0.4, -0.2) is 23.2 Å². The number of benzene rings is 1. The Kier molecular flexibility index (Phi) is 4.90. The van der Waals surface area contributed by atoms with E-state index in [9.17, 15) is 0 Å². The molecule has 0 radical (unpaired) electrons. The van der Waals surface area contributed by atoms with Gasteiger partial charge in [-0.15, -0.1) is 0 Å². The van der Waals surface area contributed by atoms with Crippen LogP contribution in [0.15, 0.2) is 36.9 Å². The Labute approximate surface area is 118 Å². The van der Waals surface area contributed by atoms with Crippen LogP contribution in [0.4, 0.5) is 0 Å². The lowest BCUT2D eigenvalue weighted by Crippen LogP contribution is -2.13. The van der Waals surface area contributed by atoms with Crippen molar-refractivity contribution >= 4 is 0 Å². The second-order valence-corrected chi connectivity index (χ2v) is 4.22. The molecule has 0 aliphatic heterocycles. The van der Waals surface area contributed by atoms with Gasteiger partial charge in [0.05, 0.1) is 19.3 Å². The number of rotatable bonds is 6. The zero-order valence-electron chi connectivity index (χ0n) is 11.7. The number of hydrogen-bond acceptors (Lipinski definition) is 5. The first-order valence-electron chi connectivity index (χ1n) is 6.66. The molecule has 20 heavy (non-hydrogen) atoms. The van der Waals surface area contributed by atoms with E-state index in [1.165, 1.54) is 6.33 Å². The van der Waals surface area contributed by atoms with E-state index in [4.69, 9.17) is 15.2 Å². The Hall–Kier alpha value is -2.14. The lowest BCUT2D eigenvalue weighted by molar-refractivity contribution is 0.287. The van der Waals surface area contributed by atoms with E-state index >= 15 is 0 Å². The largest absolute Gasteiger partial charge is 0.490 e. The number of nitrogens with zero attached hydrogens (tertiary/aromatic N) is 2. The van der Waals surface area contributed by atoms with Crippen LogP contribution in [0, 0.1) is 0 Å². The summed E-state index contributed by atoms with van der Waals surface area (Å²) < 4.78 is 11.1. The van der Waals surface area contributed by atoms with E-state index in [1.807, 2.05) is 32.0 Å². The minimum absolute atomic E-state index is 0.286. The molecular formula is C15H19N3O2. The third-order valence-electron chi connectivity index (χ3n) is 2.87. The molecule has 0 spiro atoms. The van der Waals surface area contributed by atoms with E-state index in [1.54, 1.807) is 12.4 Å². The highest BCUT2D eigenvalue weighted by Crippen LogP contribution is 2.31. The Bertz CT molecular complexity index is 546. The molecular weight excluding hydrogens is 254 g/mol. The molecule has 2 rings (SSSR count). The molecule has 0 saturated carbocycles. The van der Waals surface area contributed by atoms with Crippen molar-refractivity contribution in [2.75, 3.05) is 13.2 Å². The third kappa shape index (κ3) is 3.24. The predicted molar refractivity (Wildman–Crippen MR) is 76.8 cm³/mol. The van der Waals surface area contributed by atoms with E-state index in [-0.39, 0.29) is 6.04 Å². The summed E-state index contributed by atoms with van der Waals surface area (Å²) in [5.74, 6) is 1.44. The SMILES string of the molecule is CCOc1ccc(C(N)c2cncnc2)cc1OCC. The Morgan fingerprint density at radius 1 is 1.00 bits per heavy atom. The highest BCUT2D eigenvalue weighted by Gasteiger charge is 2.13. The van der Waals surface area contributed by atoms with Crippen LogP contribution < -0.4 is 15.2 Å². The molecule has 5 nitrogen and oxygen atoms in total. The third-order valence-corrected chi connectivity index (χ3v) is 2.87. The van der Waals surface area contributed by atoms with Crippen molar-refractivity contribution in [3.05, 3.63) is 48.0 Å². The van der Waals surface area contributed by atoms with Crippen LogP contribution >= 0.6 is 0 Å². The zero-order valence-corrected chi connectivity index (χ0v) is 11.7. The standard InChI is InChI=1S/C15H19N3O2/c1-3-19-13-6-5-11(7-14(13)20-4-2)15(16)12-8-17-10-18-9-12/h5-10,15H,3-4,16H2,1-2H3. The van der Waals surface area contributed by atoms with E-state index in [2.05, 4.69) is 9.97 Å². The van der Waals surface area contributed by atoms with Gasteiger partial charge < -0.3 is 15.2 Å². The van der Waals surface area contributed by atoms with Crippen molar-refractivity contribution in [1.82, 2.24) is 9.97 Å². The van der Waals surface area contributed by atoms with Gasteiger partial charge in [-0.2, -0.15) is 0 Å². The van der Waals surface area contributed by atoms with Gasteiger partial charge >= 0.3 is 0 Å². The second-order valence-electron chi connectivity index (χ2n) is 4.22. The molecule has 0 aliphatic carbocycles. The average molecular weight is 273 g/mol. The normalized spacial score (nSPS) is 11.9. The average Bonchev–Trinajstić information content (AvgIpc) is 2.50. The summed E-state index contributed by atoms with van der Waals surface area (Å²) in [4.78, 5) is 7.98. The molecule has 0 saturated heterocycles. The fraction of sp³-hybridized carbons (Fsp3) is 0.333. The maximum Gasteiger partial charge on any atom is 0.161 e. The highest BCUT2D eigenvalue weighted by molar-refractivity contribution is 5.45. The molecule has 0 amide bonds. The van der Waals surface area contributed by atoms with Gasteiger partial charge in [-0.05, 0) is 31.5 Å². The number of nitrogens with two attached hydrogens (primary N) is 1. The summed E-state index contributed by atoms with van der Waals surface area (Å²) in [5.41, 5.74) is 8.03. The van der Waals surface area contributed by atoms with E-state index in [0.717, 1.165) is 16.9 Å². The summed E-state index contributed by atoms with van der Waals surface area (Å²) in [7, 11) is 0. The quantitative estimate of drug-likeness (QED) is 0.874. The van der Waals surface area contributed by atoms with Crippen molar-refractivity contribution in [2.45, 2.75) is 19.9 Å². The molecule has 2 N–H and O–H groups in total. The van der Waals surface area contributed by atoms with Crippen LogP contribution in [0.25, 0.3) is 0 Å². The topological polar surface area (TPSA) is 70.3 Å². The molecule has 1 aromatic carbocycles. The van der Waals surface area contributed by atoms with Gasteiger partial charge in [-0.25, -0.2) is 9.97 Å². The molecule has 106 valence electrons. The lowest BCUT2D eigenvalue weighted by Gasteiger charge is -2.16. The fourth-order valence-corrected chi connectivity index (χ4v) is 1.92. The molecule has 1 heterocycles. The smallest absolute Gasteiger partial charge is 0.161 e. The molecule has 1 atom stereocenters. The van der Waals surface area contributed by atoms with Gasteiger partial charge in [0.2, 0.25) is 0 Å². The van der Waals surface area contributed by atoms with E-state index < -0.39 is 0 Å². The van der Waals surface area contributed by atoms with Gasteiger partial charge in [0.1, 0.15) is 6.33 Å². The molecule has 0 fully saturated rings. The van der Waals surface area contributed by atoms with Crippen LogP contribution in [0.2, 0.25) is 0 Å². The van der Waals surface area contributed by atoms with Crippen molar-refractivity contribution in [3.8, 4) is 11.5 Å². The van der Waals surface area contributed by atoms with Crippen molar-refractivity contribution in [1.29, 1.82) is 0 Å². The number of aromatic nitrogens is 2. The first-order chi connectivity index (χ1) is 9.76. The van der Waals surface area contributed by atoms with Gasteiger partial charge in [-0.3, -0.25) is 0 Å². The first-order valence-corrected chi connectivity index (χ1v) is 6.66. The summed E-state index contributed by atoms with van der Waals surface area (Å²) in [6.07, 6.45) is 4.92. The monoisotopic (exact) mass is 273 g/mol. The molecule has 2 aromatic rings. The highest BCUT2D eigenvalue weighted by atomic mass is 16.5. The summed E-state index contributed by atoms with van der Waals surface area (Å²) in [6, 6.07) is 5.44. The van der Waals surface area contributed by atoms with E-state index in [0.29, 0.717) is 19.0 Å². The molecule has 1 aromatic heterocycles. The predicted octanol–water partition coefficient (Wildman–Crippen LogP) is 2.32. The van der Waals surface area contributed by atoms with Crippen molar-refractivity contribution in [3.63, 3.8) is 0 Å². The van der Waals surface area contributed by atoms with Crippen LogP contribution in [0.5, 0.6) is 11.5 Å². The molecule has 0 aliphatic rings. The van der Waals surface area contributed by atoms with Crippen LogP contribution in [0.3, 0.4) is 0 Å². The lowest BCUT2D eigenvalue weighted by atomic mass is 10.0. The Balaban J connectivity index is 2.30. The summed E-state index contributed by atoms with van der Waals surface area (Å²) in [5, 5.41) is 0. The fourth-order valence-electron chi connectivity index (χ4n) is 1.92. The first kappa shape index (κ1) is 14.3. The zero-order chi connectivity index (χ0) is 14.4. The second kappa shape index (κ2) is 6.86. The van der Waals surface area contributed by atoms with Crippen LogP contribution in [-0.2, 0) is 0 Å². The Morgan fingerprint density at radius 2 is 1.65 bits per heavy atom. The van der Waals surface area contributed by atoms with Gasteiger partial charge in [-0.1, -0.05) is 6.07 Å². The van der Waals surface area contributed by atoms with Gasteiger partial charge in [0.15, 0.2) is 11.5 Å². The van der Waals surface area contributed by atoms with Gasteiger partial charge in [0.25, 0.3) is 0 Å². The minimum atomic E-state index is -0.286. The van der Waals surface area contributed by atoms with Crippen molar-refractivity contribution < 1.29 is 9.47 Å². The van der Waals surface area contributed by atoms with Crippen LogP contribution in [0.1, 0.15) is 31.0 Å². The number of ether oxygens (including phenoxy) is 2. The van der Waals surface area contributed by atoms with Gasteiger partial charge in [0, 0.05) is 18.0 Å². The maximum absolute atomic E-state index is 6.23. The summed E-state index contributed by atoms with van der Waals surface area (Å²) in [6.45, 7) is 5.05. The minimum Gasteiger partial charge on any atom is -0.490 e.